The van der Waals surface area contributed by atoms with Crippen molar-refractivity contribution in [1.29, 1.82) is 0 Å². The minimum atomic E-state index is -0.925. The summed E-state index contributed by atoms with van der Waals surface area (Å²) in [4.78, 5) is 26.5. The minimum absolute atomic E-state index is 0.186. The van der Waals surface area contributed by atoms with Crippen molar-refractivity contribution in [1.82, 2.24) is 4.90 Å². The summed E-state index contributed by atoms with van der Waals surface area (Å²) < 4.78 is 16.7. The lowest BCUT2D eigenvalue weighted by Gasteiger charge is -2.64. The van der Waals surface area contributed by atoms with Crippen LogP contribution in [-0.2, 0) is 14.3 Å². The van der Waals surface area contributed by atoms with E-state index in [0.29, 0.717) is 24.3 Å². The molecule has 0 bridgehead atoms. The number of hydrogen-bond donors (Lipinski definition) is 1. The lowest BCUT2D eigenvalue weighted by atomic mass is 9.43. The zero-order valence-electron chi connectivity index (χ0n) is 22.6. The molecule has 0 aromatic carbocycles. The van der Waals surface area contributed by atoms with Crippen LogP contribution >= 0.6 is 0 Å². The van der Waals surface area contributed by atoms with Crippen LogP contribution in [0.5, 0.6) is 0 Å². The van der Waals surface area contributed by atoms with Crippen molar-refractivity contribution in [3.8, 4) is 0 Å². The topological polar surface area (TPSA) is 89.2 Å². The molecule has 7 heteroatoms. The van der Waals surface area contributed by atoms with Gasteiger partial charge in [-0.15, -0.1) is 0 Å². The standard InChI is InChI=1S/C30H43NO6/c1-19(32)37-25-17-30(34)24-6-5-21-16-22(31-12-14-35-15-13-31)8-10-28(21,2)23(24)9-11-29(30,3)27(25)20-4-7-26(33)36-18-20/h4,7,18,21-25,27,34H,5-6,8-17H2,1-3H3/t21-,22-,23-,24-,25-,27+,28-,29-,30-/m1/s1. The monoisotopic (exact) mass is 513 g/mol. The van der Waals surface area contributed by atoms with Crippen LogP contribution in [-0.4, -0.2) is 60.0 Å². The molecule has 0 spiro atoms. The molecule has 1 saturated heterocycles. The summed E-state index contributed by atoms with van der Waals surface area (Å²) in [6.07, 6.45) is 9.37. The van der Waals surface area contributed by atoms with Gasteiger partial charge in [-0.1, -0.05) is 13.8 Å². The van der Waals surface area contributed by atoms with E-state index in [1.165, 1.54) is 38.5 Å². The molecule has 1 aromatic heterocycles. The van der Waals surface area contributed by atoms with Crippen LogP contribution < -0.4 is 5.63 Å². The lowest BCUT2D eigenvalue weighted by Crippen LogP contribution is -2.62. The van der Waals surface area contributed by atoms with E-state index >= 15 is 0 Å². The van der Waals surface area contributed by atoms with Gasteiger partial charge in [0.05, 0.1) is 25.1 Å². The maximum Gasteiger partial charge on any atom is 0.335 e. The predicted octanol–water partition coefficient (Wildman–Crippen LogP) is 4.12. The highest BCUT2D eigenvalue weighted by molar-refractivity contribution is 5.66. The second-order valence-electron chi connectivity index (χ2n) is 13.2. The highest BCUT2D eigenvalue weighted by Gasteiger charge is 2.70. The van der Waals surface area contributed by atoms with Crippen molar-refractivity contribution >= 4 is 5.97 Å². The summed E-state index contributed by atoms with van der Waals surface area (Å²) in [6.45, 7) is 9.95. The van der Waals surface area contributed by atoms with Crippen LogP contribution in [0, 0.1) is 28.6 Å². The Morgan fingerprint density at radius 3 is 2.57 bits per heavy atom. The summed E-state index contributed by atoms with van der Waals surface area (Å²) in [6, 6.07) is 3.89. The zero-order chi connectivity index (χ0) is 26.0. The van der Waals surface area contributed by atoms with Gasteiger partial charge in [-0.2, -0.15) is 0 Å². The molecular weight excluding hydrogens is 470 g/mol. The number of rotatable bonds is 3. The van der Waals surface area contributed by atoms with E-state index in [0.717, 1.165) is 57.6 Å². The molecule has 0 unspecified atom stereocenters. The first kappa shape index (κ1) is 25.6. The molecular formula is C30H43NO6. The number of ether oxygens (including phenoxy) is 2. The van der Waals surface area contributed by atoms with Crippen molar-refractivity contribution in [2.75, 3.05) is 26.3 Å². The second kappa shape index (κ2) is 9.20. The van der Waals surface area contributed by atoms with Crippen LogP contribution in [0.15, 0.2) is 27.6 Å². The van der Waals surface area contributed by atoms with Crippen molar-refractivity contribution in [3.05, 3.63) is 34.4 Å². The Labute approximate surface area is 219 Å². The lowest BCUT2D eigenvalue weighted by molar-refractivity contribution is -0.204. The van der Waals surface area contributed by atoms with E-state index in [2.05, 4.69) is 18.7 Å². The fourth-order valence-electron chi connectivity index (χ4n) is 9.94. The Kier molecular flexibility index (Phi) is 6.36. The van der Waals surface area contributed by atoms with Gasteiger partial charge in [0.25, 0.3) is 0 Å². The molecule has 7 nitrogen and oxygen atoms in total. The predicted molar refractivity (Wildman–Crippen MR) is 138 cm³/mol. The van der Waals surface area contributed by atoms with E-state index in [1.807, 2.05) is 0 Å². The molecule has 5 fully saturated rings. The molecule has 204 valence electrons. The van der Waals surface area contributed by atoms with Gasteiger partial charge in [-0.25, -0.2) is 4.79 Å². The first-order valence-electron chi connectivity index (χ1n) is 14.5. The van der Waals surface area contributed by atoms with Crippen LogP contribution in [0.2, 0.25) is 0 Å². The van der Waals surface area contributed by atoms with Crippen molar-refractivity contribution in [2.24, 2.45) is 28.6 Å². The smallest absolute Gasteiger partial charge is 0.335 e. The minimum Gasteiger partial charge on any atom is -0.462 e. The van der Waals surface area contributed by atoms with Gasteiger partial charge in [0, 0.05) is 49.9 Å². The van der Waals surface area contributed by atoms with Crippen LogP contribution in [0.3, 0.4) is 0 Å². The van der Waals surface area contributed by atoms with Gasteiger partial charge in [-0.05, 0) is 79.7 Å². The third-order valence-corrected chi connectivity index (χ3v) is 11.8. The number of nitrogens with zero attached hydrogens (tertiary/aromatic N) is 1. The Bertz CT molecular complexity index is 1060. The summed E-state index contributed by atoms with van der Waals surface area (Å²) in [5.41, 5.74) is -0.700. The van der Waals surface area contributed by atoms with Gasteiger partial charge < -0.3 is 19.0 Å². The highest BCUT2D eigenvalue weighted by atomic mass is 16.5. The fraction of sp³-hybridized carbons (Fsp3) is 0.800. The number of morpholine rings is 1. The molecule has 5 aliphatic rings. The molecule has 4 aliphatic carbocycles. The first-order valence-corrected chi connectivity index (χ1v) is 14.5. The molecule has 6 rings (SSSR count). The van der Waals surface area contributed by atoms with Crippen LogP contribution in [0.1, 0.15) is 83.6 Å². The van der Waals surface area contributed by atoms with Crippen LogP contribution in [0.4, 0.5) is 0 Å². The van der Waals surface area contributed by atoms with E-state index in [9.17, 15) is 14.7 Å². The van der Waals surface area contributed by atoms with Gasteiger partial charge >= 0.3 is 11.6 Å². The number of carbonyl (C=O) groups is 1. The average molecular weight is 514 g/mol. The van der Waals surface area contributed by atoms with E-state index in [-0.39, 0.29) is 23.2 Å². The second-order valence-corrected chi connectivity index (χ2v) is 13.2. The number of carbonyl (C=O) groups excluding carboxylic acids is 1. The Morgan fingerprint density at radius 2 is 1.86 bits per heavy atom. The molecule has 1 aromatic rings. The Morgan fingerprint density at radius 1 is 1.08 bits per heavy atom. The first-order chi connectivity index (χ1) is 17.7. The largest absolute Gasteiger partial charge is 0.462 e. The summed E-state index contributed by atoms with van der Waals surface area (Å²) in [7, 11) is 0. The van der Waals surface area contributed by atoms with Gasteiger partial charge in [0.15, 0.2) is 0 Å². The third kappa shape index (κ3) is 3.94. The number of esters is 1. The molecule has 9 atom stereocenters. The molecule has 37 heavy (non-hydrogen) atoms. The van der Waals surface area contributed by atoms with Crippen molar-refractivity contribution < 1.29 is 23.8 Å². The number of hydrogen-bond acceptors (Lipinski definition) is 7. The van der Waals surface area contributed by atoms with E-state index in [4.69, 9.17) is 13.9 Å². The van der Waals surface area contributed by atoms with Gasteiger partial charge in [-0.3, -0.25) is 9.69 Å². The molecule has 1 N–H and O–H groups in total. The quantitative estimate of drug-likeness (QED) is 0.608. The number of fused-ring (bicyclic) bond motifs is 5. The van der Waals surface area contributed by atoms with Gasteiger partial charge in [0.2, 0.25) is 0 Å². The van der Waals surface area contributed by atoms with E-state index < -0.39 is 22.7 Å². The number of aliphatic hydroxyl groups is 1. The summed E-state index contributed by atoms with van der Waals surface area (Å²) in [5.74, 6) is 0.820. The highest BCUT2D eigenvalue weighted by Crippen LogP contribution is 2.71. The molecule has 0 amide bonds. The fourth-order valence-corrected chi connectivity index (χ4v) is 9.94. The summed E-state index contributed by atoms with van der Waals surface area (Å²) in [5, 5.41) is 12.7. The molecule has 4 saturated carbocycles. The van der Waals surface area contributed by atoms with Gasteiger partial charge in [0.1, 0.15) is 6.10 Å². The SMILES string of the molecule is CC(=O)O[C@@H]1C[C@@]2(O)[C@@H]3CC[C@@H]4C[C@H](N5CCOCC5)CC[C@@]4(C)[C@@H]3CC[C@]2(C)[C@H]1c1ccc(=O)oc1. The van der Waals surface area contributed by atoms with Crippen LogP contribution in [0.25, 0.3) is 0 Å². The molecule has 2 heterocycles. The van der Waals surface area contributed by atoms with Crippen molar-refractivity contribution in [2.45, 2.75) is 95.8 Å². The summed E-state index contributed by atoms with van der Waals surface area (Å²) >= 11 is 0. The average Bonchev–Trinajstić information content (AvgIpc) is 3.10. The molecule has 1 aliphatic heterocycles. The maximum absolute atomic E-state index is 12.7. The van der Waals surface area contributed by atoms with Crippen molar-refractivity contribution in [3.63, 3.8) is 0 Å². The zero-order valence-corrected chi connectivity index (χ0v) is 22.6. The normalized spacial score (nSPS) is 45.9. The Balaban J connectivity index is 1.29. The molecule has 0 radical (unpaired) electrons. The third-order valence-electron chi connectivity index (χ3n) is 11.8. The Hall–Kier alpha value is -1.70. The maximum atomic E-state index is 12.7. The van der Waals surface area contributed by atoms with E-state index in [1.54, 1.807) is 6.07 Å².